The first-order chi connectivity index (χ1) is 9.82. The predicted molar refractivity (Wildman–Crippen MR) is 85.1 cm³/mol. The van der Waals surface area contributed by atoms with Gasteiger partial charge in [0.15, 0.2) is 0 Å². The minimum atomic E-state index is -3.79. The van der Waals surface area contributed by atoms with Crippen LogP contribution in [-0.2, 0) is 10.0 Å². The molecule has 3 nitrogen and oxygen atoms in total. The Bertz CT molecular complexity index is 598. The van der Waals surface area contributed by atoms with Gasteiger partial charge in [-0.2, -0.15) is 4.31 Å². The van der Waals surface area contributed by atoms with Crippen molar-refractivity contribution in [1.29, 1.82) is 0 Å². The number of hydrogen-bond donors (Lipinski definition) is 0. The van der Waals surface area contributed by atoms with Gasteiger partial charge < -0.3 is 0 Å². The summed E-state index contributed by atoms with van der Waals surface area (Å²) in [5.41, 5.74) is 0. The summed E-state index contributed by atoms with van der Waals surface area (Å²) in [6, 6.07) is 4.12. The maximum Gasteiger partial charge on any atom is 0.246 e. The van der Waals surface area contributed by atoms with Gasteiger partial charge in [0.25, 0.3) is 0 Å². The molecular weight excluding hydrogens is 357 g/mol. The van der Waals surface area contributed by atoms with Gasteiger partial charge in [-0.3, -0.25) is 0 Å². The van der Waals surface area contributed by atoms with E-state index in [1.165, 1.54) is 16.4 Å². The first-order valence-electron chi connectivity index (χ1n) is 7.29. The van der Waals surface area contributed by atoms with Crippen LogP contribution in [0.25, 0.3) is 0 Å². The molecule has 1 fully saturated rings. The highest BCUT2D eigenvalue weighted by molar-refractivity contribution is 9.10. The lowest BCUT2D eigenvalue weighted by Gasteiger charge is -2.29. The van der Waals surface area contributed by atoms with Crippen LogP contribution in [0.3, 0.4) is 0 Å². The summed E-state index contributed by atoms with van der Waals surface area (Å²) >= 11 is 3.16. The van der Waals surface area contributed by atoms with E-state index in [4.69, 9.17) is 0 Å². The third kappa shape index (κ3) is 3.85. The van der Waals surface area contributed by atoms with Crippen molar-refractivity contribution in [1.82, 2.24) is 4.31 Å². The number of sulfonamides is 1. The first kappa shape index (κ1) is 16.9. The van der Waals surface area contributed by atoms with Gasteiger partial charge in [0, 0.05) is 17.1 Å². The summed E-state index contributed by atoms with van der Waals surface area (Å²) < 4.78 is 41.9. The van der Waals surface area contributed by atoms with E-state index in [0.29, 0.717) is 11.0 Å². The molecule has 118 valence electrons. The fourth-order valence-electron chi connectivity index (χ4n) is 2.81. The largest absolute Gasteiger partial charge is 0.246 e. The number of benzene rings is 1. The minimum Gasteiger partial charge on any atom is -0.207 e. The fraction of sp³-hybridized carbons (Fsp3) is 0.600. The molecule has 0 aromatic heterocycles. The number of rotatable bonds is 5. The van der Waals surface area contributed by atoms with Crippen LogP contribution < -0.4 is 0 Å². The second-order valence-electron chi connectivity index (χ2n) is 5.98. The van der Waals surface area contributed by atoms with Crippen LogP contribution in [0.5, 0.6) is 0 Å². The van der Waals surface area contributed by atoms with Crippen LogP contribution >= 0.6 is 15.9 Å². The van der Waals surface area contributed by atoms with Gasteiger partial charge in [0.2, 0.25) is 10.0 Å². The predicted octanol–water partition coefficient (Wildman–Crippen LogP) is 4.18. The molecule has 0 spiro atoms. The molecule has 1 aromatic carbocycles. The maximum absolute atomic E-state index is 14.1. The van der Waals surface area contributed by atoms with Gasteiger partial charge in [-0.1, -0.05) is 42.6 Å². The summed E-state index contributed by atoms with van der Waals surface area (Å²) in [4.78, 5) is -0.224. The summed E-state index contributed by atoms with van der Waals surface area (Å²) in [6.45, 7) is 4.40. The molecule has 2 rings (SSSR count). The number of hydrogen-bond acceptors (Lipinski definition) is 2. The Morgan fingerprint density at radius 3 is 2.48 bits per heavy atom. The van der Waals surface area contributed by atoms with E-state index in [1.54, 1.807) is 6.07 Å². The highest BCUT2D eigenvalue weighted by Crippen LogP contribution is 2.31. The third-order valence-electron chi connectivity index (χ3n) is 3.76. The molecule has 0 amide bonds. The van der Waals surface area contributed by atoms with Crippen molar-refractivity contribution in [3.05, 3.63) is 28.5 Å². The Morgan fingerprint density at radius 2 is 1.95 bits per heavy atom. The molecule has 1 aliphatic rings. The van der Waals surface area contributed by atoms with Crippen molar-refractivity contribution in [3.8, 4) is 0 Å². The van der Waals surface area contributed by atoms with Gasteiger partial charge in [-0.25, -0.2) is 12.8 Å². The van der Waals surface area contributed by atoms with Gasteiger partial charge in [-0.05, 0) is 37.0 Å². The summed E-state index contributed by atoms with van der Waals surface area (Å²) in [6.07, 6.45) is 3.81. The van der Waals surface area contributed by atoms with Gasteiger partial charge in [0.1, 0.15) is 10.7 Å². The van der Waals surface area contributed by atoms with E-state index >= 15 is 0 Å². The molecule has 6 heteroatoms. The molecule has 1 aromatic rings. The standard InChI is InChI=1S/C15H21BrFNO2S/c1-11(2)10-18(13-5-3-4-6-13)21(19,20)15-8-7-12(16)9-14(15)17/h7-9,11,13H,3-6,10H2,1-2H3. The van der Waals surface area contributed by atoms with Crippen molar-refractivity contribution in [2.45, 2.75) is 50.5 Å². The Morgan fingerprint density at radius 1 is 1.33 bits per heavy atom. The zero-order chi connectivity index (χ0) is 15.6. The van der Waals surface area contributed by atoms with Crippen molar-refractivity contribution in [2.75, 3.05) is 6.54 Å². The molecule has 1 aliphatic carbocycles. The van der Waals surface area contributed by atoms with E-state index in [-0.39, 0.29) is 16.9 Å². The second kappa shape index (κ2) is 6.75. The van der Waals surface area contributed by atoms with Crippen molar-refractivity contribution < 1.29 is 12.8 Å². The third-order valence-corrected chi connectivity index (χ3v) is 6.20. The molecule has 0 aliphatic heterocycles. The zero-order valence-electron chi connectivity index (χ0n) is 12.4. The SMILES string of the molecule is CC(C)CN(C1CCCC1)S(=O)(=O)c1ccc(Br)cc1F. The highest BCUT2D eigenvalue weighted by Gasteiger charge is 2.35. The monoisotopic (exact) mass is 377 g/mol. The number of nitrogens with zero attached hydrogens (tertiary/aromatic N) is 1. The summed E-state index contributed by atoms with van der Waals surface area (Å²) in [5.74, 6) is -0.491. The van der Waals surface area contributed by atoms with Crippen LogP contribution in [0.1, 0.15) is 39.5 Å². The van der Waals surface area contributed by atoms with Crippen LogP contribution in [0.2, 0.25) is 0 Å². The zero-order valence-corrected chi connectivity index (χ0v) is 14.8. The highest BCUT2D eigenvalue weighted by atomic mass is 79.9. The average Bonchev–Trinajstić information content (AvgIpc) is 2.88. The molecule has 0 atom stereocenters. The van der Waals surface area contributed by atoms with E-state index in [0.717, 1.165) is 25.7 Å². The van der Waals surface area contributed by atoms with Crippen LogP contribution in [0, 0.1) is 11.7 Å². The molecule has 0 saturated heterocycles. The molecular formula is C15H21BrFNO2S. The van der Waals surface area contributed by atoms with Gasteiger partial charge >= 0.3 is 0 Å². The summed E-state index contributed by atoms with van der Waals surface area (Å²) in [5, 5.41) is 0. The molecule has 0 heterocycles. The second-order valence-corrected chi connectivity index (χ2v) is 8.76. The topological polar surface area (TPSA) is 37.4 Å². The normalized spacial score (nSPS) is 17.0. The molecule has 21 heavy (non-hydrogen) atoms. The lowest BCUT2D eigenvalue weighted by Crippen LogP contribution is -2.41. The maximum atomic E-state index is 14.1. The van der Waals surface area contributed by atoms with Crippen molar-refractivity contribution in [3.63, 3.8) is 0 Å². The minimum absolute atomic E-state index is 0.000414. The van der Waals surface area contributed by atoms with Crippen LogP contribution in [0.15, 0.2) is 27.6 Å². The lowest BCUT2D eigenvalue weighted by atomic mass is 10.2. The molecule has 1 saturated carbocycles. The Hall–Kier alpha value is -0.460. The molecule has 0 radical (unpaired) electrons. The van der Waals surface area contributed by atoms with E-state index in [9.17, 15) is 12.8 Å². The molecule has 0 unspecified atom stereocenters. The van der Waals surface area contributed by atoms with E-state index < -0.39 is 15.8 Å². The average molecular weight is 378 g/mol. The van der Waals surface area contributed by atoms with E-state index in [1.807, 2.05) is 13.8 Å². The van der Waals surface area contributed by atoms with Crippen molar-refractivity contribution >= 4 is 26.0 Å². The summed E-state index contributed by atoms with van der Waals surface area (Å²) in [7, 11) is -3.79. The Labute approximate surface area is 134 Å². The van der Waals surface area contributed by atoms with Crippen LogP contribution in [-0.4, -0.2) is 25.3 Å². The number of halogens is 2. The fourth-order valence-corrected chi connectivity index (χ4v) is 5.04. The molecule has 0 bridgehead atoms. The van der Waals surface area contributed by atoms with Gasteiger partial charge in [0.05, 0.1) is 0 Å². The van der Waals surface area contributed by atoms with E-state index in [2.05, 4.69) is 15.9 Å². The van der Waals surface area contributed by atoms with Gasteiger partial charge in [-0.15, -0.1) is 0 Å². The lowest BCUT2D eigenvalue weighted by molar-refractivity contribution is 0.291. The Balaban J connectivity index is 2.40. The molecule has 0 N–H and O–H groups in total. The smallest absolute Gasteiger partial charge is 0.207 e. The quantitative estimate of drug-likeness (QED) is 0.771. The first-order valence-corrected chi connectivity index (χ1v) is 9.52. The van der Waals surface area contributed by atoms with Crippen LogP contribution in [0.4, 0.5) is 4.39 Å². The van der Waals surface area contributed by atoms with Crippen molar-refractivity contribution in [2.24, 2.45) is 5.92 Å². The Kier molecular flexibility index (Phi) is 5.43.